The van der Waals surface area contributed by atoms with Crippen molar-refractivity contribution in [3.05, 3.63) is 0 Å². The average molecular weight is 198 g/mol. The molecule has 0 saturated heterocycles. The number of nitrogens with one attached hydrogen (secondary N) is 1. The van der Waals surface area contributed by atoms with Crippen LogP contribution in [0.4, 0.5) is 0 Å². The molecule has 0 bridgehead atoms. The first kappa shape index (κ1) is 11.5. The highest BCUT2D eigenvalue weighted by atomic mass is 16.5. The van der Waals surface area contributed by atoms with E-state index in [1.807, 2.05) is 0 Å². The van der Waals surface area contributed by atoms with Gasteiger partial charge in [-0.2, -0.15) is 0 Å². The van der Waals surface area contributed by atoms with E-state index in [-0.39, 0.29) is 5.84 Å². The molecular formula is C11H22N2O. The van der Waals surface area contributed by atoms with E-state index in [4.69, 9.17) is 15.9 Å². The highest BCUT2D eigenvalue weighted by molar-refractivity contribution is 5.76. The molecule has 0 aromatic carbocycles. The third kappa shape index (κ3) is 4.09. The maximum absolute atomic E-state index is 7.09. The van der Waals surface area contributed by atoms with E-state index >= 15 is 0 Å². The maximum Gasteiger partial charge on any atom is 0.0928 e. The zero-order chi connectivity index (χ0) is 10.6. The minimum atomic E-state index is 0.224. The molecule has 0 aromatic heterocycles. The molecule has 82 valence electrons. The smallest absolute Gasteiger partial charge is 0.0928 e. The normalized spacial score (nSPS) is 32.9. The SMILES string of the molecule is CC1CC(C)CC(OCCC(=N)N)C1. The Morgan fingerprint density at radius 2 is 1.86 bits per heavy atom. The van der Waals surface area contributed by atoms with Crippen LogP contribution in [0.5, 0.6) is 0 Å². The molecule has 3 heteroatoms. The Morgan fingerprint density at radius 3 is 2.36 bits per heavy atom. The van der Waals surface area contributed by atoms with Crippen LogP contribution in [0.2, 0.25) is 0 Å². The van der Waals surface area contributed by atoms with Crippen molar-refractivity contribution < 1.29 is 4.74 Å². The second-order valence-corrected chi connectivity index (χ2v) is 4.69. The predicted octanol–water partition coefficient (Wildman–Crippen LogP) is 2.15. The lowest BCUT2D eigenvalue weighted by molar-refractivity contribution is 0.00442. The van der Waals surface area contributed by atoms with E-state index < -0.39 is 0 Å². The predicted molar refractivity (Wildman–Crippen MR) is 58.5 cm³/mol. The molecule has 0 amide bonds. The molecule has 3 N–H and O–H groups in total. The van der Waals surface area contributed by atoms with Crippen LogP contribution in [0.1, 0.15) is 39.5 Å². The molecule has 2 unspecified atom stereocenters. The van der Waals surface area contributed by atoms with E-state index in [1.54, 1.807) is 0 Å². The van der Waals surface area contributed by atoms with E-state index in [0.717, 1.165) is 11.8 Å². The van der Waals surface area contributed by atoms with Crippen LogP contribution in [0.25, 0.3) is 0 Å². The fourth-order valence-corrected chi connectivity index (χ4v) is 2.34. The zero-order valence-corrected chi connectivity index (χ0v) is 9.25. The summed E-state index contributed by atoms with van der Waals surface area (Å²) in [7, 11) is 0. The van der Waals surface area contributed by atoms with Crippen molar-refractivity contribution in [3.8, 4) is 0 Å². The quantitative estimate of drug-likeness (QED) is 0.537. The van der Waals surface area contributed by atoms with Crippen molar-refractivity contribution in [1.82, 2.24) is 0 Å². The van der Waals surface area contributed by atoms with Gasteiger partial charge in [0.25, 0.3) is 0 Å². The van der Waals surface area contributed by atoms with Crippen molar-refractivity contribution in [3.63, 3.8) is 0 Å². The molecule has 1 aliphatic rings. The van der Waals surface area contributed by atoms with Gasteiger partial charge in [0.2, 0.25) is 0 Å². The summed E-state index contributed by atoms with van der Waals surface area (Å²) in [6, 6.07) is 0. The first-order valence-electron chi connectivity index (χ1n) is 5.52. The molecule has 3 nitrogen and oxygen atoms in total. The van der Waals surface area contributed by atoms with E-state index in [1.165, 1.54) is 19.3 Å². The van der Waals surface area contributed by atoms with Crippen LogP contribution in [0.3, 0.4) is 0 Å². The highest BCUT2D eigenvalue weighted by Crippen LogP contribution is 2.30. The van der Waals surface area contributed by atoms with Gasteiger partial charge < -0.3 is 10.5 Å². The van der Waals surface area contributed by atoms with Gasteiger partial charge in [-0.1, -0.05) is 13.8 Å². The number of ether oxygens (including phenoxy) is 1. The molecule has 0 heterocycles. The molecule has 0 spiro atoms. The largest absolute Gasteiger partial charge is 0.388 e. The van der Waals surface area contributed by atoms with Crippen molar-refractivity contribution in [2.75, 3.05) is 6.61 Å². The second kappa shape index (κ2) is 5.35. The molecular weight excluding hydrogens is 176 g/mol. The molecule has 2 atom stereocenters. The number of hydrogen-bond donors (Lipinski definition) is 2. The third-order valence-corrected chi connectivity index (χ3v) is 2.86. The Hall–Kier alpha value is -0.570. The Morgan fingerprint density at radius 1 is 1.29 bits per heavy atom. The summed E-state index contributed by atoms with van der Waals surface area (Å²) in [6.45, 7) is 5.19. The molecule has 1 fully saturated rings. The molecule has 1 saturated carbocycles. The Balaban J connectivity index is 2.20. The van der Waals surface area contributed by atoms with Crippen LogP contribution in [-0.4, -0.2) is 18.5 Å². The van der Waals surface area contributed by atoms with Crippen molar-refractivity contribution in [2.45, 2.75) is 45.6 Å². The second-order valence-electron chi connectivity index (χ2n) is 4.69. The highest BCUT2D eigenvalue weighted by Gasteiger charge is 2.24. The Bertz CT molecular complexity index is 184. The van der Waals surface area contributed by atoms with E-state index in [9.17, 15) is 0 Å². The zero-order valence-electron chi connectivity index (χ0n) is 9.25. The van der Waals surface area contributed by atoms with Crippen LogP contribution in [0, 0.1) is 17.2 Å². The first-order valence-corrected chi connectivity index (χ1v) is 5.52. The lowest BCUT2D eigenvalue weighted by Gasteiger charge is -2.31. The maximum atomic E-state index is 7.09. The minimum absolute atomic E-state index is 0.224. The summed E-state index contributed by atoms with van der Waals surface area (Å²) in [5.41, 5.74) is 5.27. The van der Waals surface area contributed by atoms with E-state index in [0.29, 0.717) is 19.1 Å². The first-order chi connectivity index (χ1) is 6.58. The van der Waals surface area contributed by atoms with Crippen LogP contribution in [0.15, 0.2) is 0 Å². The van der Waals surface area contributed by atoms with Crippen molar-refractivity contribution in [1.29, 1.82) is 5.41 Å². The topological polar surface area (TPSA) is 59.1 Å². The summed E-state index contributed by atoms with van der Waals surface area (Å²) in [6.07, 6.45) is 4.63. The third-order valence-electron chi connectivity index (χ3n) is 2.86. The van der Waals surface area contributed by atoms with Gasteiger partial charge in [0, 0.05) is 6.42 Å². The van der Waals surface area contributed by atoms with Gasteiger partial charge in [0.05, 0.1) is 18.5 Å². The standard InChI is InChI=1S/C11H22N2O/c1-8-5-9(2)7-10(6-8)14-4-3-11(12)13/h8-10H,3-7H2,1-2H3,(H3,12,13). The van der Waals surface area contributed by atoms with Crippen molar-refractivity contribution in [2.24, 2.45) is 17.6 Å². The van der Waals surface area contributed by atoms with E-state index in [2.05, 4.69) is 13.8 Å². The van der Waals surface area contributed by atoms with Crippen molar-refractivity contribution >= 4 is 5.84 Å². The lowest BCUT2D eigenvalue weighted by Crippen LogP contribution is -2.27. The molecule has 1 rings (SSSR count). The van der Waals surface area contributed by atoms with Gasteiger partial charge in [-0.25, -0.2) is 0 Å². The number of nitrogens with two attached hydrogens (primary N) is 1. The average Bonchev–Trinajstić information content (AvgIpc) is 2.01. The summed E-state index contributed by atoms with van der Waals surface area (Å²) in [5, 5.41) is 7.09. The molecule has 0 radical (unpaired) electrons. The summed E-state index contributed by atoms with van der Waals surface area (Å²) >= 11 is 0. The summed E-state index contributed by atoms with van der Waals surface area (Å²) < 4.78 is 5.71. The van der Waals surface area contributed by atoms with Crippen LogP contribution >= 0.6 is 0 Å². The molecule has 0 aliphatic heterocycles. The van der Waals surface area contributed by atoms with Gasteiger partial charge in [-0.05, 0) is 31.1 Å². The van der Waals surface area contributed by atoms with Gasteiger partial charge in [-0.3, -0.25) is 5.41 Å². The van der Waals surface area contributed by atoms with Crippen LogP contribution in [-0.2, 0) is 4.74 Å². The molecule has 14 heavy (non-hydrogen) atoms. The van der Waals surface area contributed by atoms with Gasteiger partial charge in [0.1, 0.15) is 0 Å². The fraction of sp³-hybridized carbons (Fsp3) is 0.909. The molecule has 1 aliphatic carbocycles. The summed E-state index contributed by atoms with van der Waals surface area (Å²) in [4.78, 5) is 0. The minimum Gasteiger partial charge on any atom is -0.388 e. The van der Waals surface area contributed by atoms with Gasteiger partial charge in [-0.15, -0.1) is 0 Å². The number of hydrogen-bond acceptors (Lipinski definition) is 2. The number of rotatable bonds is 4. The van der Waals surface area contributed by atoms with Crippen LogP contribution < -0.4 is 5.73 Å². The Labute approximate surface area is 86.5 Å². The monoisotopic (exact) mass is 198 g/mol. The fourth-order valence-electron chi connectivity index (χ4n) is 2.34. The Kier molecular flexibility index (Phi) is 4.39. The molecule has 0 aromatic rings. The number of amidine groups is 1. The van der Waals surface area contributed by atoms with Gasteiger partial charge >= 0.3 is 0 Å². The summed E-state index contributed by atoms with van der Waals surface area (Å²) in [5.74, 6) is 1.78. The van der Waals surface area contributed by atoms with Gasteiger partial charge in [0.15, 0.2) is 0 Å². The lowest BCUT2D eigenvalue weighted by atomic mass is 9.82.